The Morgan fingerprint density at radius 2 is 2.12 bits per heavy atom. The van der Waals surface area contributed by atoms with Crippen LogP contribution in [0.5, 0.6) is 0 Å². The second-order valence-electron chi connectivity index (χ2n) is 6.19. The fourth-order valence-electron chi connectivity index (χ4n) is 3.35. The first-order chi connectivity index (χ1) is 11.6. The van der Waals surface area contributed by atoms with Crippen LogP contribution in [0.3, 0.4) is 0 Å². The summed E-state index contributed by atoms with van der Waals surface area (Å²) in [6.45, 7) is 3.38. The molecule has 5 nitrogen and oxygen atoms in total. The zero-order valence-corrected chi connectivity index (χ0v) is 14.5. The molecule has 0 radical (unpaired) electrons. The molecule has 0 bridgehead atoms. The highest BCUT2D eigenvalue weighted by atomic mass is 35.5. The van der Waals surface area contributed by atoms with Crippen molar-refractivity contribution >= 4 is 17.5 Å². The molecule has 6 heteroatoms. The average molecular weight is 348 g/mol. The molecule has 1 atom stereocenters. The normalized spacial score (nSPS) is 17.0. The van der Waals surface area contributed by atoms with E-state index < -0.39 is 6.10 Å². The summed E-state index contributed by atoms with van der Waals surface area (Å²) in [6.07, 6.45) is 3.38. The van der Waals surface area contributed by atoms with Crippen LogP contribution in [0.2, 0.25) is 5.02 Å². The third-order valence-electron chi connectivity index (χ3n) is 4.78. The van der Waals surface area contributed by atoms with Gasteiger partial charge in [0.25, 0.3) is 5.91 Å². The van der Waals surface area contributed by atoms with E-state index in [1.807, 2.05) is 6.20 Å². The van der Waals surface area contributed by atoms with E-state index in [-0.39, 0.29) is 5.91 Å². The first kappa shape index (κ1) is 17.0. The molecular formula is C18H22ClN3O2. The SMILES string of the molecule is CCc1cn[nH]c1C1CCN(C(=O)[C@H](O)c2ccccc2Cl)CC1. The van der Waals surface area contributed by atoms with Gasteiger partial charge in [-0.15, -0.1) is 0 Å². The van der Waals surface area contributed by atoms with Crippen molar-refractivity contribution in [3.8, 4) is 0 Å². The Morgan fingerprint density at radius 3 is 2.79 bits per heavy atom. The predicted octanol–water partition coefficient (Wildman–Crippen LogP) is 3.07. The molecule has 1 amide bonds. The molecule has 3 rings (SSSR count). The van der Waals surface area contributed by atoms with Crippen molar-refractivity contribution in [3.05, 3.63) is 52.3 Å². The highest BCUT2D eigenvalue weighted by Gasteiger charge is 2.30. The fourth-order valence-corrected chi connectivity index (χ4v) is 3.59. The molecule has 2 aromatic rings. The molecule has 1 aliphatic rings. The lowest BCUT2D eigenvalue weighted by molar-refractivity contribution is -0.141. The Balaban J connectivity index is 1.64. The summed E-state index contributed by atoms with van der Waals surface area (Å²) >= 11 is 6.08. The van der Waals surface area contributed by atoms with Crippen LogP contribution < -0.4 is 0 Å². The van der Waals surface area contributed by atoms with E-state index in [4.69, 9.17) is 11.6 Å². The summed E-state index contributed by atoms with van der Waals surface area (Å²) in [7, 11) is 0. The fraction of sp³-hybridized carbons (Fsp3) is 0.444. The number of piperidine rings is 1. The number of hydrogen-bond acceptors (Lipinski definition) is 3. The van der Waals surface area contributed by atoms with Gasteiger partial charge in [-0.3, -0.25) is 9.89 Å². The number of rotatable bonds is 4. The quantitative estimate of drug-likeness (QED) is 0.893. The van der Waals surface area contributed by atoms with Gasteiger partial charge in [-0.25, -0.2) is 0 Å². The van der Waals surface area contributed by atoms with E-state index in [9.17, 15) is 9.90 Å². The summed E-state index contributed by atoms with van der Waals surface area (Å²) in [5.41, 5.74) is 2.90. The number of aromatic amines is 1. The lowest BCUT2D eigenvalue weighted by Gasteiger charge is -2.33. The zero-order valence-electron chi connectivity index (χ0n) is 13.7. The smallest absolute Gasteiger partial charge is 0.256 e. The molecule has 1 fully saturated rings. The van der Waals surface area contributed by atoms with Crippen molar-refractivity contribution < 1.29 is 9.90 Å². The molecule has 2 N–H and O–H groups in total. The molecule has 24 heavy (non-hydrogen) atoms. The molecule has 1 saturated heterocycles. The van der Waals surface area contributed by atoms with Gasteiger partial charge in [0.2, 0.25) is 0 Å². The van der Waals surface area contributed by atoms with E-state index in [0.29, 0.717) is 29.6 Å². The number of nitrogens with one attached hydrogen (secondary N) is 1. The number of amides is 1. The Labute approximate surface area is 146 Å². The van der Waals surface area contributed by atoms with Gasteiger partial charge >= 0.3 is 0 Å². The highest BCUT2D eigenvalue weighted by Crippen LogP contribution is 2.31. The molecule has 128 valence electrons. The van der Waals surface area contributed by atoms with Crippen molar-refractivity contribution in [1.82, 2.24) is 15.1 Å². The van der Waals surface area contributed by atoms with Crippen molar-refractivity contribution in [2.24, 2.45) is 0 Å². The van der Waals surface area contributed by atoms with Crippen LogP contribution in [0.25, 0.3) is 0 Å². The minimum absolute atomic E-state index is 0.276. The maximum absolute atomic E-state index is 12.6. The summed E-state index contributed by atoms with van der Waals surface area (Å²) in [5.74, 6) is 0.117. The summed E-state index contributed by atoms with van der Waals surface area (Å²) in [5, 5.41) is 18.0. The van der Waals surface area contributed by atoms with Crippen molar-refractivity contribution in [2.75, 3.05) is 13.1 Å². The van der Waals surface area contributed by atoms with Gasteiger partial charge in [-0.2, -0.15) is 5.10 Å². The maximum Gasteiger partial charge on any atom is 0.256 e. The molecule has 2 heterocycles. The van der Waals surface area contributed by atoms with Gasteiger partial charge in [-0.1, -0.05) is 36.7 Å². The number of aliphatic hydroxyl groups excluding tert-OH is 1. The van der Waals surface area contributed by atoms with Crippen molar-refractivity contribution in [3.63, 3.8) is 0 Å². The maximum atomic E-state index is 12.6. The van der Waals surface area contributed by atoms with Crippen LogP contribution in [-0.2, 0) is 11.2 Å². The molecule has 0 spiro atoms. The number of aliphatic hydroxyl groups is 1. The number of H-pyrrole nitrogens is 1. The van der Waals surface area contributed by atoms with Crippen LogP contribution >= 0.6 is 11.6 Å². The number of halogens is 1. The summed E-state index contributed by atoms with van der Waals surface area (Å²) in [6, 6.07) is 6.93. The Hall–Kier alpha value is -1.85. The molecule has 1 aromatic heterocycles. The van der Waals surface area contributed by atoms with Gasteiger partial charge in [-0.05, 0) is 30.9 Å². The van der Waals surface area contributed by atoms with E-state index in [1.165, 1.54) is 11.3 Å². The van der Waals surface area contributed by atoms with Gasteiger partial charge in [0.05, 0.1) is 6.20 Å². The van der Waals surface area contributed by atoms with E-state index >= 15 is 0 Å². The lowest BCUT2D eigenvalue weighted by atomic mass is 9.90. The standard InChI is InChI=1S/C18H22ClN3O2/c1-2-12-11-20-21-16(12)13-7-9-22(10-8-13)18(24)17(23)14-5-3-4-6-15(14)19/h3-6,11,13,17,23H,2,7-10H2,1H3,(H,20,21)/t17-/m1/s1. The molecular weight excluding hydrogens is 326 g/mol. The monoisotopic (exact) mass is 347 g/mol. The third-order valence-corrected chi connectivity index (χ3v) is 5.13. The molecule has 0 aliphatic carbocycles. The van der Waals surface area contributed by atoms with Gasteiger partial charge in [0.1, 0.15) is 0 Å². The number of likely N-dealkylation sites (tertiary alicyclic amines) is 1. The Morgan fingerprint density at radius 1 is 1.42 bits per heavy atom. The van der Waals surface area contributed by atoms with E-state index in [1.54, 1.807) is 29.2 Å². The number of carbonyl (C=O) groups is 1. The second kappa shape index (κ2) is 7.36. The molecule has 0 saturated carbocycles. The third kappa shape index (κ3) is 3.32. The number of benzene rings is 1. The number of hydrogen-bond donors (Lipinski definition) is 2. The highest BCUT2D eigenvalue weighted by molar-refractivity contribution is 6.31. The van der Waals surface area contributed by atoms with E-state index in [0.717, 1.165) is 19.3 Å². The molecule has 1 aromatic carbocycles. The first-order valence-corrected chi connectivity index (χ1v) is 8.73. The average Bonchev–Trinajstić information content (AvgIpc) is 3.10. The van der Waals surface area contributed by atoms with Crippen LogP contribution in [0, 0.1) is 0 Å². The number of carbonyl (C=O) groups excluding carboxylic acids is 1. The van der Waals surface area contributed by atoms with Gasteiger partial charge in [0, 0.05) is 35.3 Å². The van der Waals surface area contributed by atoms with Gasteiger partial charge < -0.3 is 10.0 Å². The zero-order chi connectivity index (χ0) is 17.1. The number of aryl methyl sites for hydroxylation is 1. The molecule has 1 aliphatic heterocycles. The summed E-state index contributed by atoms with van der Waals surface area (Å²) in [4.78, 5) is 14.3. The van der Waals surface area contributed by atoms with Crippen LogP contribution in [-0.4, -0.2) is 39.2 Å². The van der Waals surface area contributed by atoms with Crippen LogP contribution in [0.4, 0.5) is 0 Å². The predicted molar refractivity (Wildman–Crippen MR) is 92.9 cm³/mol. The van der Waals surface area contributed by atoms with Crippen molar-refractivity contribution in [2.45, 2.75) is 38.2 Å². The largest absolute Gasteiger partial charge is 0.378 e. The number of nitrogens with zero attached hydrogens (tertiary/aromatic N) is 2. The minimum Gasteiger partial charge on any atom is -0.378 e. The second-order valence-corrected chi connectivity index (χ2v) is 6.59. The topological polar surface area (TPSA) is 69.2 Å². The Kier molecular flexibility index (Phi) is 5.21. The van der Waals surface area contributed by atoms with Gasteiger partial charge in [0.15, 0.2) is 6.10 Å². The van der Waals surface area contributed by atoms with E-state index in [2.05, 4.69) is 17.1 Å². The van der Waals surface area contributed by atoms with Crippen molar-refractivity contribution in [1.29, 1.82) is 0 Å². The van der Waals surface area contributed by atoms with Crippen LogP contribution in [0.1, 0.15) is 48.6 Å². The Bertz CT molecular complexity index is 708. The lowest BCUT2D eigenvalue weighted by Crippen LogP contribution is -2.40. The first-order valence-electron chi connectivity index (χ1n) is 8.35. The minimum atomic E-state index is -1.20. The summed E-state index contributed by atoms with van der Waals surface area (Å²) < 4.78 is 0. The number of aromatic nitrogens is 2. The molecule has 0 unspecified atom stereocenters. The van der Waals surface area contributed by atoms with Crippen LogP contribution in [0.15, 0.2) is 30.5 Å².